The van der Waals surface area contributed by atoms with Gasteiger partial charge in [0, 0.05) is 25.0 Å². The zero-order chi connectivity index (χ0) is 19.1. The highest BCUT2D eigenvalue weighted by atomic mass is 16.2. The fourth-order valence-corrected chi connectivity index (χ4v) is 4.15. The number of rotatable bonds is 7. The van der Waals surface area contributed by atoms with Crippen molar-refractivity contribution in [2.75, 3.05) is 13.1 Å². The summed E-state index contributed by atoms with van der Waals surface area (Å²) in [7, 11) is 0. The van der Waals surface area contributed by atoms with Crippen LogP contribution in [0.2, 0.25) is 0 Å². The fourth-order valence-electron chi connectivity index (χ4n) is 4.15. The molecular formula is C22H33N3O2. The van der Waals surface area contributed by atoms with Crippen LogP contribution in [-0.2, 0) is 22.7 Å². The number of likely N-dealkylation sites (tertiary alicyclic amines) is 1. The number of hydrogen-bond donors (Lipinski definition) is 2. The number of hydrogen-bond acceptors (Lipinski definition) is 3. The maximum Gasteiger partial charge on any atom is 0.239 e. The van der Waals surface area contributed by atoms with Gasteiger partial charge in [0.1, 0.15) is 0 Å². The first-order chi connectivity index (χ1) is 13.1. The zero-order valence-electron chi connectivity index (χ0n) is 16.5. The molecule has 1 saturated carbocycles. The average Bonchev–Trinajstić information content (AvgIpc) is 3.22. The minimum Gasteiger partial charge on any atom is -0.350 e. The summed E-state index contributed by atoms with van der Waals surface area (Å²) in [5.74, 6) is -0.000485. The van der Waals surface area contributed by atoms with Gasteiger partial charge in [-0.15, -0.1) is 0 Å². The van der Waals surface area contributed by atoms with Crippen molar-refractivity contribution in [1.29, 1.82) is 0 Å². The summed E-state index contributed by atoms with van der Waals surface area (Å²) in [5.41, 5.74) is 2.41. The summed E-state index contributed by atoms with van der Waals surface area (Å²) in [6.07, 6.45) is 8.09. The topological polar surface area (TPSA) is 61.4 Å². The Morgan fingerprint density at radius 1 is 0.963 bits per heavy atom. The summed E-state index contributed by atoms with van der Waals surface area (Å²) in [6, 6.07) is 9.15. The summed E-state index contributed by atoms with van der Waals surface area (Å²) >= 11 is 0. The van der Waals surface area contributed by atoms with Crippen LogP contribution in [0.1, 0.15) is 63.0 Å². The number of amides is 2. The molecule has 1 aliphatic heterocycles. The molecule has 5 nitrogen and oxygen atoms in total. The van der Waals surface area contributed by atoms with Crippen LogP contribution in [0.25, 0.3) is 0 Å². The number of carbonyl (C=O) groups is 2. The van der Waals surface area contributed by atoms with Gasteiger partial charge in [-0.05, 0) is 50.3 Å². The second-order valence-electron chi connectivity index (χ2n) is 8.11. The van der Waals surface area contributed by atoms with Gasteiger partial charge in [0.2, 0.25) is 11.8 Å². The SMILES string of the molecule is CC1CCCCN1Cc1ccc(CNC(=O)CNC(=O)C2CCCC2)cc1. The lowest BCUT2D eigenvalue weighted by Gasteiger charge is -2.33. The van der Waals surface area contributed by atoms with Crippen LogP contribution < -0.4 is 10.6 Å². The molecular weight excluding hydrogens is 338 g/mol. The molecule has 2 fully saturated rings. The number of nitrogens with zero attached hydrogens (tertiary/aromatic N) is 1. The molecule has 148 valence electrons. The van der Waals surface area contributed by atoms with Gasteiger partial charge in [0.25, 0.3) is 0 Å². The Labute approximate surface area is 162 Å². The van der Waals surface area contributed by atoms with Crippen LogP contribution >= 0.6 is 0 Å². The lowest BCUT2D eigenvalue weighted by atomic mass is 10.0. The van der Waals surface area contributed by atoms with E-state index in [1.807, 2.05) is 0 Å². The largest absolute Gasteiger partial charge is 0.350 e. The number of piperidine rings is 1. The monoisotopic (exact) mass is 371 g/mol. The first-order valence-corrected chi connectivity index (χ1v) is 10.5. The Morgan fingerprint density at radius 2 is 1.63 bits per heavy atom. The fraction of sp³-hybridized carbons (Fsp3) is 0.636. The minimum absolute atomic E-state index is 0.0268. The minimum atomic E-state index is -0.132. The predicted molar refractivity (Wildman–Crippen MR) is 107 cm³/mol. The van der Waals surface area contributed by atoms with Gasteiger partial charge in [-0.1, -0.05) is 43.5 Å². The van der Waals surface area contributed by atoms with E-state index in [2.05, 4.69) is 46.7 Å². The van der Waals surface area contributed by atoms with E-state index in [1.165, 1.54) is 31.4 Å². The molecule has 1 atom stereocenters. The van der Waals surface area contributed by atoms with E-state index in [4.69, 9.17) is 0 Å². The smallest absolute Gasteiger partial charge is 0.239 e. The second-order valence-corrected chi connectivity index (χ2v) is 8.11. The average molecular weight is 372 g/mol. The molecule has 2 amide bonds. The highest BCUT2D eigenvalue weighted by Gasteiger charge is 2.22. The van der Waals surface area contributed by atoms with E-state index in [1.54, 1.807) is 0 Å². The van der Waals surface area contributed by atoms with E-state index in [0.29, 0.717) is 12.6 Å². The van der Waals surface area contributed by atoms with E-state index >= 15 is 0 Å². The normalized spacial score (nSPS) is 21.1. The molecule has 5 heteroatoms. The molecule has 1 aromatic carbocycles. The van der Waals surface area contributed by atoms with Crippen LogP contribution in [0.5, 0.6) is 0 Å². The van der Waals surface area contributed by atoms with Crippen molar-refractivity contribution in [3.63, 3.8) is 0 Å². The molecule has 0 bridgehead atoms. The first-order valence-electron chi connectivity index (χ1n) is 10.5. The van der Waals surface area contributed by atoms with Gasteiger partial charge in [0.15, 0.2) is 0 Å². The van der Waals surface area contributed by atoms with Crippen molar-refractivity contribution in [1.82, 2.24) is 15.5 Å². The van der Waals surface area contributed by atoms with Crippen LogP contribution in [0.3, 0.4) is 0 Å². The van der Waals surface area contributed by atoms with Crippen LogP contribution in [-0.4, -0.2) is 35.8 Å². The molecule has 1 aliphatic carbocycles. The van der Waals surface area contributed by atoms with Crippen molar-refractivity contribution >= 4 is 11.8 Å². The molecule has 27 heavy (non-hydrogen) atoms. The van der Waals surface area contributed by atoms with Gasteiger partial charge in [-0.2, -0.15) is 0 Å². The molecule has 0 aromatic heterocycles. The first kappa shape index (κ1) is 19.9. The highest BCUT2D eigenvalue weighted by molar-refractivity contribution is 5.85. The highest BCUT2D eigenvalue weighted by Crippen LogP contribution is 2.24. The second kappa shape index (κ2) is 9.88. The predicted octanol–water partition coefficient (Wildman–Crippen LogP) is 2.98. The summed E-state index contributed by atoms with van der Waals surface area (Å²) < 4.78 is 0. The summed E-state index contributed by atoms with van der Waals surface area (Å²) in [5, 5.41) is 5.65. The maximum absolute atomic E-state index is 12.0. The number of carbonyl (C=O) groups excluding carboxylic acids is 2. The Morgan fingerprint density at radius 3 is 2.33 bits per heavy atom. The molecule has 3 rings (SSSR count). The van der Waals surface area contributed by atoms with Crippen molar-refractivity contribution in [2.24, 2.45) is 5.92 Å². The van der Waals surface area contributed by atoms with Crippen LogP contribution in [0.15, 0.2) is 24.3 Å². The summed E-state index contributed by atoms with van der Waals surface area (Å²) in [6.45, 7) is 5.07. The van der Waals surface area contributed by atoms with Gasteiger partial charge in [-0.3, -0.25) is 14.5 Å². The third kappa shape index (κ3) is 6.06. The molecule has 0 spiro atoms. The molecule has 1 aromatic rings. The van der Waals surface area contributed by atoms with Crippen molar-refractivity contribution < 1.29 is 9.59 Å². The quantitative estimate of drug-likeness (QED) is 0.775. The van der Waals surface area contributed by atoms with E-state index in [-0.39, 0.29) is 24.3 Å². The van der Waals surface area contributed by atoms with Gasteiger partial charge >= 0.3 is 0 Å². The van der Waals surface area contributed by atoms with E-state index in [9.17, 15) is 9.59 Å². The molecule has 1 saturated heterocycles. The third-order valence-electron chi connectivity index (χ3n) is 5.99. The molecule has 2 N–H and O–H groups in total. The molecule has 1 heterocycles. The Kier molecular flexibility index (Phi) is 7.27. The zero-order valence-corrected chi connectivity index (χ0v) is 16.5. The molecule has 1 unspecified atom stereocenters. The third-order valence-corrected chi connectivity index (χ3v) is 5.99. The van der Waals surface area contributed by atoms with Crippen molar-refractivity contribution in [3.8, 4) is 0 Å². The lowest BCUT2D eigenvalue weighted by molar-refractivity contribution is -0.128. The van der Waals surface area contributed by atoms with E-state index in [0.717, 1.165) is 37.8 Å². The van der Waals surface area contributed by atoms with Gasteiger partial charge in [0.05, 0.1) is 6.54 Å². The molecule has 0 radical (unpaired) electrons. The van der Waals surface area contributed by atoms with Gasteiger partial charge < -0.3 is 10.6 Å². The van der Waals surface area contributed by atoms with Crippen LogP contribution in [0, 0.1) is 5.92 Å². The number of nitrogens with one attached hydrogen (secondary N) is 2. The van der Waals surface area contributed by atoms with Crippen molar-refractivity contribution in [2.45, 2.75) is 71.0 Å². The Hall–Kier alpha value is -1.88. The van der Waals surface area contributed by atoms with Gasteiger partial charge in [-0.25, -0.2) is 0 Å². The van der Waals surface area contributed by atoms with Crippen LogP contribution in [0.4, 0.5) is 0 Å². The Balaban J connectivity index is 1.37. The van der Waals surface area contributed by atoms with E-state index < -0.39 is 0 Å². The standard InChI is InChI=1S/C22H33N3O2/c1-17-6-4-5-13-25(17)16-19-11-9-18(10-12-19)14-23-21(26)15-24-22(27)20-7-2-3-8-20/h9-12,17,20H,2-8,13-16H2,1H3,(H,23,26)(H,24,27). The maximum atomic E-state index is 12.0. The Bertz CT molecular complexity index is 623. The lowest BCUT2D eigenvalue weighted by Crippen LogP contribution is -2.38. The van der Waals surface area contributed by atoms with Crippen molar-refractivity contribution in [3.05, 3.63) is 35.4 Å². The molecule has 2 aliphatic rings. The number of benzene rings is 1. The summed E-state index contributed by atoms with van der Waals surface area (Å²) in [4.78, 5) is 26.5.